The monoisotopic (exact) mass is 321 g/mol. The largest absolute Gasteiger partial charge is 0.377 e. The Morgan fingerprint density at radius 2 is 2.32 bits per heavy atom. The number of fused-ring (bicyclic) bond motifs is 1. The first kappa shape index (κ1) is 15.5. The molecule has 6 heteroatoms. The average Bonchev–Trinajstić information content (AvgIpc) is 3.01. The minimum Gasteiger partial charge on any atom is -0.377 e. The second-order valence-corrected chi connectivity index (χ2v) is 7.44. The van der Waals surface area contributed by atoms with Crippen LogP contribution in [-0.4, -0.2) is 46.4 Å². The quantitative estimate of drug-likeness (QED) is 0.873. The molecule has 0 N–H and O–H groups in total. The van der Waals surface area contributed by atoms with Crippen LogP contribution in [-0.2, 0) is 11.3 Å². The maximum absolute atomic E-state index is 12.8. The molecule has 3 rings (SSSR count). The second-order valence-electron chi connectivity index (χ2n) is 6.41. The summed E-state index contributed by atoms with van der Waals surface area (Å²) in [5.74, 6) is 0.649. The molecule has 120 valence electrons. The first-order chi connectivity index (χ1) is 10.5. The number of carbonyl (C=O) groups is 1. The van der Waals surface area contributed by atoms with Gasteiger partial charge in [-0.25, -0.2) is 0 Å². The predicted octanol–water partition coefficient (Wildman–Crippen LogP) is 2.92. The van der Waals surface area contributed by atoms with E-state index in [0.29, 0.717) is 25.7 Å². The zero-order chi connectivity index (χ0) is 15.9. The minimum absolute atomic E-state index is 0.118. The number of hydrogen-bond acceptors (Lipinski definition) is 4. The van der Waals surface area contributed by atoms with Crippen LogP contribution in [0.4, 0.5) is 0 Å². The zero-order valence-electron chi connectivity index (χ0n) is 13.6. The molecule has 1 fully saturated rings. The van der Waals surface area contributed by atoms with E-state index in [1.165, 1.54) is 0 Å². The SMILES string of the molecule is Cc1nn(CC(C)C)c2sc(C(=O)N3CCOC[C@H]3C)cc12. The van der Waals surface area contributed by atoms with E-state index < -0.39 is 0 Å². The fraction of sp³-hybridized carbons (Fsp3) is 0.625. The van der Waals surface area contributed by atoms with Gasteiger partial charge in [0.05, 0.1) is 29.8 Å². The number of ether oxygens (including phenoxy) is 1. The molecular weight excluding hydrogens is 298 g/mol. The molecule has 2 aromatic heterocycles. The summed E-state index contributed by atoms with van der Waals surface area (Å²) >= 11 is 1.56. The molecule has 5 nitrogen and oxygen atoms in total. The highest BCUT2D eigenvalue weighted by molar-refractivity contribution is 7.20. The molecule has 1 amide bonds. The smallest absolute Gasteiger partial charge is 0.264 e. The van der Waals surface area contributed by atoms with Gasteiger partial charge in [-0.05, 0) is 25.8 Å². The summed E-state index contributed by atoms with van der Waals surface area (Å²) in [5, 5.41) is 5.71. The van der Waals surface area contributed by atoms with Gasteiger partial charge in [-0.15, -0.1) is 11.3 Å². The molecule has 22 heavy (non-hydrogen) atoms. The van der Waals surface area contributed by atoms with Crippen LogP contribution in [0.15, 0.2) is 6.07 Å². The fourth-order valence-electron chi connectivity index (χ4n) is 2.86. The lowest BCUT2D eigenvalue weighted by molar-refractivity contribution is 0.00387. The van der Waals surface area contributed by atoms with Gasteiger partial charge in [0, 0.05) is 18.5 Å². The Kier molecular flexibility index (Phi) is 4.23. The molecule has 0 radical (unpaired) electrons. The van der Waals surface area contributed by atoms with Crippen molar-refractivity contribution in [3.05, 3.63) is 16.6 Å². The zero-order valence-corrected chi connectivity index (χ0v) is 14.4. The number of rotatable bonds is 3. The Morgan fingerprint density at radius 1 is 1.55 bits per heavy atom. The molecule has 1 atom stereocenters. The van der Waals surface area contributed by atoms with Crippen molar-refractivity contribution < 1.29 is 9.53 Å². The number of aryl methyl sites for hydroxylation is 1. The van der Waals surface area contributed by atoms with E-state index in [2.05, 4.69) is 18.9 Å². The Bertz CT molecular complexity index is 689. The van der Waals surface area contributed by atoms with E-state index in [9.17, 15) is 4.79 Å². The Balaban J connectivity index is 1.92. The summed E-state index contributed by atoms with van der Waals surface area (Å²) < 4.78 is 7.46. The standard InChI is InChI=1S/C16H23N3O2S/c1-10(2)8-19-16-13(12(4)17-19)7-14(22-16)15(20)18-5-6-21-9-11(18)3/h7,10-11H,5-6,8-9H2,1-4H3/t11-/m1/s1. The maximum Gasteiger partial charge on any atom is 0.264 e. The van der Waals surface area contributed by atoms with E-state index in [1.54, 1.807) is 11.3 Å². The molecular formula is C16H23N3O2S. The predicted molar refractivity (Wildman–Crippen MR) is 88.5 cm³/mol. The van der Waals surface area contributed by atoms with Crippen molar-refractivity contribution >= 4 is 27.5 Å². The summed E-state index contributed by atoms with van der Waals surface area (Å²) in [6.45, 7) is 11.2. The summed E-state index contributed by atoms with van der Waals surface area (Å²) in [6.07, 6.45) is 0. The molecule has 1 saturated heterocycles. The van der Waals surface area contributed by atoms with Crippen molar-refractivity contribution in [1.82, 2.24) is 14.7 Å². The number of thiophene rings is 1. The molecule has 0 spiro atoms. The van der Waals surface area contributed by atoms with Crippen LogP contribution in [0.5, 0.6) is 0 Å². The van der Waals surface area contributed by atoms with Gasteiger partial charge in [0.1, 0.15) is 4.83 Å². The van der Waals surface area contributed by atoms with Crippen molar-refractivity contribution in [3.8, 4) is 0 Å². The van der Waals surface area contributed by atoms with E-state index in [0.717, 1.165) is 27.3 Å². The van der Waals surface area contributed by atoms with Gasteiger partial charge in [-0.1, -0.05) is 13.8 Å². The lowest BCUT2D eigenvalue weighted by Crippen LogP contribution is -2.46. The highest BCUT2D eigenvalue weighted by Crippen LogP contribution is 2.30. The van der Waals surface area contributed by atoms with Gasteiger partial charge < -0.3 is 9.64 Å². The van der Waals surface area contributed by atoms with Gasteiger partial charge in [0.25, 0.3) is 5.91 Å². The van der Waals surface area contributed by atoms with Gasteiger partial charge in [0.2, 0.25) is 0 Å². The Morgan fingerprint density at radius 3 is 3.00 bits per heavy atom. The van der Waals surface area contributed by atoms with Crippen LogP contribution in [0.1, 0.15) is 36.1 Å². The third-order valence-electron chi connectivity index (χ3n) is 3.98. The van der Waals surface area contributed by atoms with Gasteiger partial charge in [-0.2, -0.15) is 5.10 Å². The van der Waals surface area contributed by atoms with Crippen LogP contribution >= 0.6 is 11.3 Å². The van der Waals surface area contributed by atoms with Crippen LogP contribution in [0.2, 0.25) is 0 Å². The van der Waals surface area contributed by atoms with Crippen LogP contribution in [0.3, 0.4) is 0 Å². The molecule has 0 unspecified atom stereocenters. The van der Waals surface area contributed by atoms with Crippen LogP contribution in [0, 0.1) is 12.8 Å². The molecule has 2 aromatic rings. The first-order valence-electron chi connectivity index (χ1n) is 7.83. The third-order valence-corrected chi connectivity index (χ3v) is 5.12. The van der Waals surface area contributed by atoms with Gasteiger partial charge in [-0.3, -0.25) is 9.48 Å². The third kappa shape index (κ3) is 2.77. The second kappa shape index (κ2) is 6.01. The number of carbonyl (C=O) groups excluding carboxylic acids is 1. The average molecular weight is 321 g/mol. The molecule has 0 saturated carbocycles. The molecule has 0 bridgehead atoms. The van der Waals surface area contributed by atoms with Crippen LogP contribution in [0.25, 0.3) is 10.2 Å². The number of amides is 1. The summed E-state index contributed by atoms with van der Waals surface area (Å²) in [5.41, 5.74) is 1.00. The van der Waals surface area contributed by atoms with Gasteiger partial charge in [0.15, 0.2) is 0 Å². The topological polar surface area (TPSA) is 47.4 Å². The lowest BCUT2D eigenvalue weighted by atomic mass is 10.2. The summed E-state index contributed by atoms with van der Waals surface area (Å²) in [7, 11) is 0. The van der Waals surface area contributed by atoms with E-state index in [-0.39, 0.29) is 11.9 Å². The molecule has 1 aliphatic heterocycles. The first-order valence-corrected chi connectivity index (χ1v) is 8.64. The molecule has 0 aromatic carbocycles. The molecule has 1 aliphatic rings. The van der Waals surface area contributed by atoms with E-state index >= 15 is 0 Å². The number of hydrogen-bond donors (Lipinski definition) is 0. The highest BCUT2D eigenvalue weighted by atomic mass is 32.1. The Hall–Kier alpha value is -1.40. The summed E-state index contributed by atoms with van der Waals surface area (Å²) in [4.78, 5) is 16.6. The van der Waals surface area contributed by atoms with Crippen LogP contribution < -0.4 is 0 Å². The lowest BCUT2D eigenvalue weighted by Gasteiger charge is -2.32. The highest BCUT2D eigenvalue weighted by Gasteiger charge is 2.27. The summed E-state index contributed by atoms with van der Waals surface area (Å²) in [6, 6.07) is 2.14. The van der Waals surface area contributed by atoms with Crippen molar-refractivity contribution in [1.29, 1.82) is 0 Å². The van der Waals surface area contributed by atoms with Crippen molar-refractivity contribution in [2.75, 3.05) is 19.8 Å². The van der Waals surface area contributed by atoms with Crippen molar-refractivity contribution in [3.63, 3.8) is 0 Å². The number of aromatic nitrogens is 2. The molecule has 3 heterocycles. The maximum atomic E-state index is 12.8. The van der Waals surface area contributed by atoms with Crippen molar-refractivity contribution in [2.24, 2.45) is 5.92 Å². The van der Waals surface area contributed by atoms with E-state index in [1.807, 2.05) is 29.5 Å². The normalized spacial score (nSPS) is 19.3. The van der Waals surface area contributed by atoms with Crippen molar-refractivity contribution in [2.45, 2.75) is 40.3 Å². The Labute approximate surface area is 134 Å². The number of nitrogens with zero attached hydrogens (tertiary/aromatic N) is 3. The number of morpholine rings is 1. The minimum atomic E-state index is 0.118. The fourth-order valence-corrected chi connectivity index (χ4v) is 3.99. The van der Waals surface area contributed by atoms with E-state index in [4.69, 9.17) is 4.74 Å². The van der Waals surface area contributed by atoms with Gasteiger partial charge >= 0.3 is 0 Å². The molecule has 0 aliphatic carbocycles.